The fourth-order valence-corrected chi connectivity index (χ4v) is 6.81. The van der Waals surface area contributed by atoms with E-state index in [2.05, 4.69) is 36.0 Å². The van der Waals surface area contributed by atoms with Crippen molar-refractivity contribution in [2.45, 2.75) is 70.9 Å². The summed E-state index contributed by atoms with van der Waals surface area (Å²) in [7, 11) is 0. The lowest BCUT2D eigenvalue weighted by atomic mass is 9.48. The summed E-state index contributed by atoms with van der Waals surface area (Å²) < 4.78 is 0. The fourth-order valence-electron chi connectivity index (χ4n) is 6.13. The van der Waals surface area contributed by atoms with Crippen molar-refractivity contribution < 1.29 is 0 Å². The maximum absolute atomic E-state index is 3.98. The van der Waals surface area contributed by atoms with Crippen LogP contribution in [0.5, 0.6) is 0 Å². The molecule has 4 bridgehead atoms. The molecule has 0 amide bonds. The Hall–Kier alpha value is -0.340. The van der Waals surface area contributed by atoms with Crippen molar-refractivity contribution in [3.63, 3.8) is 0 Å². The first-order valence-corrected chi connectivity index (χ1v) is 9.84. The van der Waals surface area contributed by atoms with E-state index in [1.54, 1.807) is 19.3 Å². The first-order chi connectivity index (χ1) is 10.1. The molecule has 2 heteroatoms. The van der Waals surface area contributed by atoms with Crippen molar-refractivity contribution in [1.29, 1.82) is 0 Å². The number of hydrogen-bond donors (Lipinski definition) is 1. The molecular weight excluding hydrogens is 274 g/mol. The van der Waals surface area contributed by atoms with E-state index in [0.717, 1.165) is 17.8 Å². The van der Waals surface area contributed by atoms with Gasteiger partial charge in [-0.05, 0) is 104 Å². The largest absolute Gasteiger partial charge is 0.311 e. The molecule has 4 aliphatic carbocycles. The predicted molar refractivity (Wildman–Crippen MR) is 90.7 cm³/mol. The van der Waals surface area contributed by atoms with Gasteiger partial charge in [0.05, 0.1) is 0 Å². The van der Waals surface area contributed by atoms with Crippen molar-refractivity contribution >= 4 is 11.3 Å². The summed E-state index contributed by atoms with van der Waals surface area (Å²) in [5.41, 5.74) is 2.13. The molecule has 1 heterocycles. The van der Waals surface area contributed by atoms with Crippen LogP contribution in [-0.4, -0.2) is 12.1 Å². The first-order valence-electron chi connectivity index (χ1n) is 8.90. The zero-order chi connectivity index (χ0) is 14.4. The van der Waals surface area contributed by atoms with Crippen LogP contribution in [0.25, 0.3) is 0 Å². The van der Waals surface area contributed by atoms with Gasteiger partial charge in [-0.25, -0.2) is 0 Å². The molecule has 1 aromatic heterocycles. The Bertz CT molecular complexity index is 442. The molecule has 0 aliphatic heterocycles. The van der Waals surface area contributed by atoms with E-state index in [-0.39, 0.29) is 0 Å². The topological polar surface area (TPSA) is 12.0 Å². The molecule has 21 heavy (non-hydrogen) atoms. The highest BCUT2D eigenvalue weighted by atomic mass is 32.1. The molecule has 0 aromatic carbocycles. The van der Waals surface area contributed by atoms with Crippen LogP contribution in [0.3, 0.4) is 0 Å². The molecule has 4 aliphatic rings. The Morgan fingerprint density at radius 2 is 1.76 bits per heavy atom. The third kappa shape index (κ3) is 2.70. The lowest BCUT2D eigenvalue weighted by Gasteiger charge is -2.59. The maximum atomic E-state index is 3.98. The SMILES string of the molecule is CC(Cc1ccsc1)NC(C)C12CC3CC(CC(C3)C1)C2. The maximum Gasteiger partial charge on any atom is 0.00980 e. The molecule has 0 spiro atoms. The van der Waals surface area contributed by atoms with Crippen LogP contribution < -0.4 is 5.32 Å². The average Bonchev–Trinajstić information content (AvgIpc) is 2.89. The van der Waals surface area contributed by atoms with Gasteiger partial charge >= 0.3 is 0 Å². The number of thiophene rings is 1. The number of hydrogen-bond acceptors (Lipinski definition) is 2. The lowest BCUT2D eigenvalue weighted by Crippen LogP contribution is -2.56. The van der Waals surface area contributed by atoms with Crippen LogP contribution >= 0.6 is 11.3 Å². The second-order valence-corrected chi connectivity index (χ2v) is 9.19. The van der Waals surface area contributed by atoms with Crippen molar-refractivity contribution in [2.24, 2.45) is 23.2 Å². The van der Waals surface area contributed by atoms with Gasteiger partial charge in [0.25, 0.3) is 0 Å². The first kappa shape index (κ1) is 14.3. The average molecular weight is 304 g/mol. The van der Waals surface area contributed by atoms with E-state index in [9.17, 15) is 0 Å². The van der Waals surface area contributed by atoms with E-state index in [0.29, 0.717) is 17.5 Å². The minimum atomic E-state index is 0.600. The van der Waals surface area contributed by atoms with E-state index in [4.69, 9.17) is 0 Å². The summed E-state index contributed by atoms with van der Waals surface area (Å²) in [5, 5.41) is 8.48. The normalized spacial score (nSPS) is 40.4. The van der Waals surface area contributed by atoms with Crippen molar-refractivity contribution in [1.82, 2.24) is 5.32 Å². The molecule has 4 saturated carbocycles. The summed E-state index contributed by atoms with van der Waals surface area (Å²) in [4.78, 5) is 0. The Morgan fingerprint density at radius 3 is 2.29 bits per heavy atom. The van der Waals surface area contributed by atoms with Gasteiger partial charge in [-0.2, -0.15) is 11.3 Å². The molecule has 1 nitrogen and oxygen atoms in total. The third-order valence-electron chi connectivity index (χ3n) is 6.66. The minimum absolute atomic E-state index is 0.600. The van der Waals surface area contributed by atoms with Crippen molar-refractivity contribution in [3.8, 4) is 0 Å². The standard InChI is InChI=1S/C19H29NS/c1-13(5-15-3-4-21-12-15)20-14(2)19-9-16-6-17(10-19)8-18(7-16)11-19/h3-4,12-14,16-18,20H,5-11H2,1-2H3. The highest BCUT2D eigenvalue weighted by Crippen LogP contribution is 2.61. The van der Waals surface area contributed by atoms with Gasteiger partial charge < -0.3 is 5.32 Å². The second-order valence-electron chi connectivity index (χ2n) is 8.41. The van der Waals surface area contributed by atoms with Crippen LogP contribution in [0.2, 0.25) is 0 Å². The minimum Gasteiger partial charge on any atom is -0.311 e. The molecule has 1 N–H and O–H groups in total. The summed E-state index contributed by atoms with van der Waals surface area (Å²) in [5.74, 6) is 3.19. The predicted octanol–water partition coefficient (Wildman–Crippen LogP) is 4.87. The van der Waals surface area contributed by atoms with Crippen LogP contribution in [0.1, 0.15) is 57.9 Å². The molecule has 116 valence electrons. The summed E-state index contributed by atoms with van der Waals surface area (Å²) >= 11 is 1.82. The summed E-state index contributed by atoms with van der Waals surface area (Å²) in [6, 6.07) is 3.57. The molecule has 4 fully saturated rings. The molecule has 1 aromatic rings. The number of nitrogens with one attached hydrogen (secondary N) is 1. The Balaban J connectivity index is 1.41. The van der Waals surface area contributed by atoms with Gasteiger partial charge in [-0.1, -0.05) is 0 Å². The van der Waals surface area contributed by atoms with Crippen LogP contribution in [0.15, 0.2) is 16.8 Å². The van der Waals surface area contributed by atoms with E-state index in [1.165, 1.54) is 31.2 Å². The zero-order valence-electron chi connectivity index (χ0n) is 13.5. The Kier molecular flexibility index (Phi) is 3.66. The van der Waals surface area contributed by atoms with Crippen molar-refractivity contribution in [3.05, 3.63) is 22.4 Å². The molecular formula is C19H29NS. The highest BCUT2D eigenvalue weighted by Gasteiger charge is 2.53. The van der Waals surface area contributed by atoms with Gasteiger partial charge in [-0.15, -0.1) is 0 Å². The van der Waals surface area contributed by atoms with Gasteiger partial charge in [-0.3, -0.25) is 0 Å². The van der Waals surface area contributed by atoms with Gasteiger partial charge in [0.1, 0.15) is 0 Å². The molecule has 2 unspecified atom stereocenters. The highest BCUT2D eigenvalue weighted by molar-refractivity contribution is 7.07. The van der Waals surface area contributed by atoms with Crippen LogP contribution in [-0.2, 0) is 6.42 Å². The lowest BCUT2D eigenvalue weighted by molar-refractivity contribution is -0.0718. The molecule has 5 rings (SSSR count). The molecule has 0 saturated heterocycles. The van der Waals surface area contributed by atoms with Crippen LogP contribution in [0.4, 0.5) is 0 Å². The van der Waals surface area contributed by atoms with Crippen molar-refractivity contribution in [2.75, 3.05) is 0 Å². The monoisotopic (exact) mass is 303 g/mol. The molecule has 0 radical (unpaired) electrons. The van der Waals surface area contributed by atoms with Gasteiger partial charge in [0.15, 0.2) is 0 Å². The fraction of sp³-hybridized carbons (Fsp3) is 0.789. The summed E-state index contributed by atoms with van der Waals surface area (Å²) in [6.07, 6.45) is 10.4. The number of rotatable bonds is 5. The van der Waals surface area contributed by atoms with E-state index in [1.807, 2.05) is 11.3 Å². The van der Waals surface area contributed by atoms with Crippen LogP contribution in [0, 0.1) is 23.2 Å². The summed E-state index contributed by atoms with van der Waals surface area (Å²) in [6.45, 7) is 4.85. The van der Waals surface area contributed by atoms with Gasteiger partial charge in [0.2, 0.25) is 0 Å². The van der Waals surface area contributed by atoms with E-state index < -0.39 is 0 Å². The zero-order valence-corrected chi connectivity index (χ0v) is 14.3. The van der Waals surface area contributed by atoms with E-state index >= 15 is 0 Å². The van der Waals surface area contributed by atoms with Gasteiger partial charge in [0, 0.05) is 12.1 Å². The quantitative estimate of drug-likeness (QED) is 0.818. The molecule has 2 atom stereocenters. The second kappa shape index (κ2) is 5.38. The Labute approximate surface area is 133 Å². The third-order valence-corrected chi connectivity index (χ3v) is 7.39. The smallest absolute Gasteiger partial charge is 0.00980 e. The Morgan fingerprint density at radius 1 is 1.14 bits per heavy atom.